The summed E-state index contributed by atoms with van der Waals surface area (Å²) in [7, 11) is 0. The number of pyridine rings is 1. The monoisotopic (exact) mass is 466 g/mol. The lowest BCUT2D eigenvalue weighted by atomic mass is 10.2. The van der Waals surface area contributed by atoms with Gasteiger partial charge in [-0.15, -0.1) is 10.2 Å². The van der Waals surface area contributed by atoms with E-state index in [1.54, 1.807) is 22.9 Å². The van der Waals surface area contributed by atoms with E-state index in [4.69, 9.17) is 0 Å². The van der Waals surface area contributed by atoms with Crippen LogP contribution in [0.5, 0.6) is 0 Å². The molecule has 4 heterocycles. The van der Waals surface area contributed by atoms with E-state index >= 15 is 0 Å². The molecule has 166 valence electrons. The zero-order valence-corrected chi connectivity index (χ0v) is 18.9. The summed E-state index contributed by atoms with van der Waals surface area (Å²) >= 11 is 1.42. The molecular formula is C25H18N6O2S. The molecule has 0 unspecified atom stereocenters. The largest absolute Gasteiger partial charge is 0.269 e. The highest BCUT2D eigenvalue weighted by atomic mass is 32.2. The summed E-state index contributed by atoms with van der Waals surface area (Å²) in [6.45, 7) is 1.96. The van der Waals surface area contributed by atoms with Crippen LogP contribution in [0.2, 0.25) is 0 Å². The van der Waals surface area contributed by atoms with Crippen molar-refractivity contribution in [3.05, 3.63) is 111 Å². The first-order valence-electron chi connectivity index (χ1n) is 10.7. The predicted molar refractivity (Wildman–Crippen MR) is 132 cm³/mol. The highest BCUT2D eigenvalue weighted by Gasteiger charge is 2.19. The summed E-state index contributed by atoms with van der Waals surface area (Å²) in [5, 5.41) is 9.99. The van der Waals surface area contributed by atoms with Crippen LogP contribution in [0, 0.1) is 6.92 Å². The fourth-order valence-corrected chi connectivity index (χ4v) is 4.95. The second-order valence-corrected chi connectivity index (χ2v) is 8.81. The zero-order chi connectivity index (χ0) is 23.2. The Kier molecular flexibility index (Phi) is 4.77. The first-order chi connectivity index (χ1) is 16.6. The summed E-state index contributed by atoms with van der Waals surface area (Å²) in [6, 6.07) is 22.1. The second-order valence-electron chi connectivity index (χ2n) is 7.87. The van der Waals surface area contributed by atoms with Crippen LogP contribution in [-0.4, -0.2) is 28.5 Å². The molecule has 0 saturated heterocycles. The first-order valence-corrected chi connectivity index (χ1v) is 11.7. The average Bonchev–Trinajstić information content (AvgIpc) is 3.28. The molecule has 9 heteroatoms. The van der Waals surface area contributed by atoms with E-state index in [0.29, 0.717) is 33.4 Å². The van der Waals surface area contributed by atoms with Gasteiger partial charge in [-0.2, -0.15) is 0 Å². The predicted octanol–water partition coefficient (Wildman–Crippen LogP) is 3.64. The molecule has 0 fully saturated rings. The minimum Gasteiger partial charge on any atom is -0.269 e. The highest BCUT2D eigenvalue weighted by molar-refractivity contribution is 7.98. The average molecular weight is 467 g/mol. The summed E-state index contributed by atoms with van der Waals surface area (Å²) in [6.07, 6.45) is 1.70. The molecule has 0 spiro atoms. The van der Waals surface area contributed by atoms with Crippen molar-refractivity contribution in [1.29, 1.82) is 0 Å². The van der Waals surface area contributed by atoms with Gasteiger partial charge in [-0.25, -0.2) is 9.55 Å². The third kappa shape index (κ3) is 3.20. The summed E-state index contributed by atoms with van der Waals surface area (Å²) in [4.78, 5) is 30.5. The van der Waals surface area contributed by atoms with Crippen LogP contribution in [0.15, 0.2) is 93.7 Å². The highest BCUT2D eigenvalue weighted by Crippen LogP contribution is 2.25. The van der Waals surface area contributed by atoms with Crippen LogP contribution >= 0.6 is 11.8 Å². The van der Waals surface area contributed by atoms with E-state index in [0.717, 1.165) is 16.8 Å². The number of benzene rings is 2. The first kappa shape index (κ1) is 20.4. The molecule has 0 atom stereocenters. The maximum Gasteiger partial charge on any atom is 0.267 e. The van der Waals surface area contributed by atoms with Crippen molar-refractivity contribution in [3.63, 3.8) is 0 Å². The van der Waals surface area contributed by atoms with Crippen LogP contribution in [0.1, 0.15) is 11.3 Å². The molecule has 6 aromatic rings. The van der Waals surface area contributed by atoms with Crippen LogP contribution in [0.3, 0.4) is 0 Å². The topological polar surface area (TPSA) is 86.6 Å². The smallest absolute Gasteiger partial charge is 0.267 e. The number of hydrogen-bond donors (Lipinski definition) is 0. The minimum atomic E-state index is -0.148. The number of aryl methyl sites for hydroxylation is 1. The van der Waals surface area contributed by atoms with Gasteiger partial charge in [0.1, 0.15) is 5.65 Å². The molecule has 2 aromatic carbocycles. The van der Waals surface area contributed by atoms with Crippen molar-refractivity contribution in [2.75, 3.05) is 0 Å². The van der Waals surface area contributed by atoms with Crippen LogP contribution in [-0.2, 0) is 5.75 Å². The number of fused-ring (bicyclic) bond motifs is 4. The quantitative estimate of drug-likeness (QED) is 0.369. The number of hydrogen-bond acceptors (Lipinski definition) is 6. The minimum absolute atomic E-state index is 0.133. The molecule has 0 saturated carbocycles. The third-order valence-corrected chi connectivity index (χ3v) is 6.69. The van der Waals surface area contributed by atoms with Crippen molar-refractivity contribution in [3.8, 4) is 5.69 Å². The van der Waals surface area contributed by atoms with Gasteiger partial charge >= 0.3 is 0 Å². The molecule has 6 rings (SSSR count). The summed E-state index contributed by atoms with van der Waals surface area (Å²) in [5.41, 5.74) is 3.41. The summed E-state index contributed by atoms with van der Waals surface area (Å²) < 4.78 is 5.01. The number of aromatic nitrogens is 6. The van der Waals surface area contributed by atoms with Gasteiger partial charge in [-0.05, 0) is 42.8 Å². The molecule has 8 nitrogen and oxygen atoms in total. The van der Waals surface area contributed by atoms with Crippen molar-refractivity contribution in [2.24, 2.45) is 0 Å². The molecule has 0 bridgehead atoms. The van der Waals surface area contributed by atoms with Gasteiger partial charge in [-0.3, -0.25) is 18.4 Å². The summed E-state index contributed by atoms with van der Waals surface area (Å²) in [5.74, 6) is 0.867. The fraction of sp³-hybridized carbons (Fsp3) is 0.0800. The Labute approximate surface area is 197 Å². The lowest BCUT2D eigenvalue weighted by Gasteiger charge is -2.13. The molecule has 0 amide bonds. The van der Waals surface area contributed by atoms with E-state index in [1.165, 1.54) is 22.2 Å². The molecule has 0 aliphatic heterocycles. The van der Waals surface area contributed by atoms with E-state index in [2.05, 4.69) is 15.2 Å². The molecule has 0 N–H and O–H groups in total. The normalized spacial score (nSPS) is 11.6. The lowest BCUT2D eigenvalue weighted by Crippen LogP contribution is -2.22. The Bertz CT molecular complexity index is 1840. The van der Waals surface area contributed by atoms with E-state index < -0.39 is 0 Å². The zero-order valence-electron chi connectivity index (χ0n) is 18.1. The standard InChI is InChI=1S/C25H18N6O2S/c1-16-8-2-4-10-19(16)30-23(33)18-9-3-5-11-20(18)31-24(30)27-28-25(31)34-15-17-14-22(32)29-13-7-6-12-21(29)26-17/h2-14H,15H2,1H3. The van der Waals surface area contributed by atoms with Crippen molar-refractivity contribution in [2.45, 2.75) is 17.8 Å². The van der Waals surface area contributed by atoms with Gasteiger partial charge < -0.3 is 0 Å². The van der Waals surface area contributed by atoms with Crippen LogP contribution < -0.4 is 11.1 Å². The van der Waals surface area contributed by atoms with E-state index in [1.807, 2.05) is 65.9 Å². The second kappa shape index (κ2) is 7.96. The fourth-order valence-electron chi connectivity index (χ4n) is 4.12. The molecule has 34 heavy (non-hydrogen) atoms. The number of rotatable bonds is 4. The Morgan fingerprint density at radius 1 is 0.912 bits per heavy atom. The van der Waals surface area contributed by atoms with Gasteiger partial charge in [0.25, 0.3) is 11.1 Å². The van der Waals surface area contributed by atoms with E-state index in [9.17, 15) is 9.59 Å². The Balaban J connectivity index is 1.52. The molecule has 4 aromatic heterocycles. The van der Waals surface area contributed by atoms with Gasteiger partial charge in [-0.1, -0.05) is 48.2 Å². The Hall–Kier alpha value is -4.24. The Morgan fingerprint density at radius 3 is 2.59 bits per heavy atom. The number of para-hydroxylation sites is 2. The van der Waals surface area contributed by atoms with Crippen molar-refractivity contribution >= 4 is 34.1 Å². The van der Waals surface area contributed by atoms with E-state index in [-0.39, 0.29) is 11.1 Å². The third-order valence-electron chi connectivity index (χ3n) is 5.72. The van der Waals surface area contributed by atoms with Crippen molar-refractivity contribution < 1.29 is 0 Å². The van der Waals surface area contributed by atoms with Crippen LogP contribution in [0.4, 0.5) is 0 Å². The maximum absolute atomic E-state index is 13.5. The molecule has 0 aliphatic rings. The number of thioether (sulfide) groups is 1. The SMILES string of the molecule is Cc1ccccc1-n1c(=O)c2ccccc2n2c(SCc3cc(=O)n4ccccc4n3)nnc12. The maximum atomic E-state index is 13.5. The van der Waals surface area contributed by atoms with Gasteiger partial charge in [0.05, 0.1) is 22.3 Å². The number of nitrogens with zero attached hydrogens (tertiary/aromatic N) is 6. The molecule has 0 aliphatic carbocycles. The Morgan fingerprint density at radius 2 is 1.71 bits per heavy atom. The van der Waals surface area contributed by atoms with Gasteiger partial charge in [0, 0.05) is 18.0 Å². The van der Waals surface area contributed by atoms with Crippen molar-refractivity contribution in [1.82, 2.24) is 28.5 Å². The molecular weight excluding hydrogens is 448 g/mol. The van der Waals surface area contributed by atoms with Crippen LogP contribution in [0.25, 0.3) is 28.0 Å². The molecule has 0 radical (unpaired) electrons. The lowest BCUT2D eigenvalue weighted by molar-refractivity contribution is 0.926. The van der Waals surface area contributed by atoms with Gasteiger partial charge in [0.15, 0.2) is 5.16 Å². The van der Waals surface area contributed by atoms with Gasteiger partial charge in [0.2, 0.25) is 5.78 Å².